The zero-order valence-corrected chi connectivity index (χ0v) is 28.8. The summed E-state index contributed by atoms with van der Waals surface area (Å²) in [6.07, 6.45) is 5.56. The third-order valence-electron chi connectivity index (χ3n) is 9.50. The summed E-state index contributed by atoms with van der Waals surface area (Å²) in [6.45, 7) is 7.22. The van der Waals surface area contributed by atoms with E-state index in [0.717, 1.165) is 77.4 Å². The molecule has 256 valence electrons. The molecule has 0 aliphatic carbocycles. The first-order chi connectivity index (χ1) is 23.2. The van der Waals surface area contributed by atoms with Crippen molar-refractivity contribution in [1.29, 1.82) is 0 Å². The van der Waals surface area contributed by atoms with E-state index in [0.29, 0.717) is 45.1 Å². The van der Waals surface area contributed by atoms with Gasteiger partial charge in [-0.1, -0.05) is 55.8 Å². The maximum absolute atomic E-state index is 14.0. The van der Waals surface area contributed by atoms with Gasteiger partial charge in [0, 0.05) is 57.5 Å². The molecule has 0 bridgehead atoms. The lowest BCUT2D eigenvalue weighted by molar-refractivity contribution is -0.139. The number of ether oxygens (including phenoxy) is 1. The topological polar surface area (TPSA) is 127 Å². The van der Waals surface area contributed by atoms with Crippen LogP contribution in [0, 0.1) is 0 Å². The van der Waals surface area contributed by atoms with Crippen LogP contribution in [0.2, 0.25) is 0 Å². The van der Waals surface area contributed by atoms with Crippen LogP contribution in [0.25, 0.3) is 21.9 Å². The van der Waals surface area contributed by atoms with Crippen LogP contribution in [-0.4, -0.2) is 93.4 Å². The van der Waals surface area contributed by atoms with Crippen molar-refractivity contribution < 1.29 is 19.1 Å². The first-order valence-corrected chi connectivity index (χ1v) is 17.1. The lowest BCUT2D eigenvalue weighted by Gasteiger charge is -2.37. The van der Waals surface area contributed by atoms with Crippen LogP contribution in [0.5, 0.6) is 0 Å². The number of rotatable bonds is 14. The number of anilines is 1. The fraction of sp³-hybridized carbons (Fsp3) is 0.486. The number of aryl methyl sites for hydroxylation is 2. The van der Waals surface area contributed by atoms with Crippen LogP contribution in [0.15, 0.2) is 48.5 Å². The van der Waals surface area contributed by atoms with Gasteiger partial charge < -0.3 is 24.8 Å². The Balaban J connectivity index is 1.35. The van der Waals surface area contributed by atoms with Gasteiger partial charge in [0.2, 0.25) is 11.8 Å². The molecule has 0 atom stereocenters. The molecule has 0 spiro atoms. The van der Waals surface area contributed by atoms with Crippen LogP contribution in [-0.2, 0) is 45.1 Å². The van der Waals surface area contributed by atoms with E-state index in [1.54, 1.807) is 6.92 Å². The van der Waals surface area contributed by atoms with Crippen LogP contribution in [0.4, 0.5) is 5.82 Å². The number of carbonyl (C=O) groups excluding carboxylic acids is 3. The van der Waals surface area contributed by atoms with Gasteiger partial charge in [0.05, 0.1) is 31.1 Å². The predicted octanol–water partition coefficient (Wildman–Crippen LogP) is 4.59. The second-order valence-corrected chi connectivity index (χ2v) is 12.9. The number of esters is 1. The number of hydrogen-bond acceptors (Lipinski definition) is 8. The van der Waals surface area contributed by atoms with Crippen molar-refractivity contribution >= 4 is 45.5 Å². The number of para-hydroxylation sites is 1. The normalized spacial score (nSPS) is 13.8. The van der Waals surface area contributed by atoms with Crippen molar-refractivity contribution in [1.82, 2.24) is 29.2 Å². The summed E-state index contributed by atoms with van der Waals surface area (Å²) < 4.78 is 7.10. The minimum atomic E-state index is -0.285. The minimum absolute atomic E-state index is 0.0609. The molecule has 2 aromatic carbocycles. The van der Waals surface area contributed by atoms with Crippen molar-refractivity contribution in [3.05, 3.63) is 65.5 Å². The van der Waals surface area contributed by atoms with Gasteiger partial charge in [-0.05, 0) is 49.9 Å². The molecule has 48 heavy (non-hydrogen) atoms. The average molecular weight is 656 g/mol. The largest absolute Gasteiger partial charge is 0.469 e. The lowest BCUT2D eigenvalue weighted by atomic mass is 10.0. The number of piperidine rings is 1. The molecule has 5 rings (SSSR count). The number of likely N-dealkylation sites (N-methyl/N-ethyl adjacent to an activating group) is 1. The van der Waals surface area contributed by atoms with Gasteiger partial charge in [-0.15, -0.1) is 0 Å². The molecule has 0 unspecified atom stereocenters. The van der Waals surface area contributed by atoms with Crippen molar-refractivity contribution in [2.45, 2.75) is 77.9 Å². The van der Waals surface area contributed by atoms with Gasteiger partial charge in [0.1, 0.15) is 11.3 Å². The molecule has 2 amide bonds. The molecule has 2 N–H and O–H groups in total. The van der Waals surface area contributed by atoms with Crippen molar-refractivity contribution in [2.75, 3.05) is 46.1 Å². The number of amides is 2. The number of unbranched alkanes of at least 4 members (excludes halogenated alkanes) is 1. The maximum atomic E-state index is 14.0. The molecule has 11 nitrogen and oxygen atoms in total. The highest BCUT2D eigenvalue weighted by Gasteiger charge is 2.26. The van der Waals surface area contributed by atoms with Gasteiger partial charge in [0.15, 0.2) is 5.82 Å². The lowest BCUT2D eigenvalue weighted by Crippen LogP contribution is -2.48. The Hall–Kier alpha value is -4.51. The van der Waals surface area contributed by atoms with Gasteiger partial charge >= 0.3 is 5.97 Å². The first kappa shape index (κ1) is 34.8. The zero-order valence-electron chi connectivity index (χ0n) is 28.8. The minimum Gasteiger partial charge on any atom is -0.469 e. The van der Waals surface area contributed by atoms with Gasteiger partial charge in [-0.25, -0.2) is 9.97 Å². The number of fused-ring (bicyclic) bond motifs is 3. The number of nitrogens with two attached hydrogens (primary N) is 1. The number of hydrogen-bond donors (Lipinski definition) is 1. The number of likely N-dealkylation sites (tertiary alicyclic amines) is 1. The average Bonchev–Trinajstić information content (AvgIpc) is 3.46. The summed E-state index contributed by atoms with van der Waals surface area (Å²) in [6, 6.07) is 16.1. The Labute approximate surface area is 283 Å². The summed E-state index contributed by atoms with van der Waals surface area (Å²) >= 11 is 0. The monoisotopic (exact) mass is 655 g/mol. The van der Waals surface area contributed by atoms with Gasteiger partial charge in [-0.3, -0.25) is 19.3 Å². The van der Waals surface area contributed by atoms with E-state index in [9.17, 15) is 14.4 Å². The van der Waals surface area contributed by atoms with Crippen LogP contribution in [0.1, 0.15) is 62.9 Å². The van der Waals surface area contributed by atoms with Crippen molar-refractivity contribution in [3.8, 4) is 0 Å². The van der Waals surface area contributed by atoms with E-state index < -0.39 is 0 Å². The zero-order chi connectivity index (χ0) is 34.2. The number of nitrogen functional groups attached to an aromatic ring is 1. The molecule has 1 aliphatic heterocycles. The Bertz CT molecular complexity index is 1730. The van der Waals surface area contributed by atoms with Crippen LogP contribution < -0.4 is 5.73 Å². The fourth-order valence-corrected chi connectivity index (χ4v) is 6.67. The molecule has 2 aromatic heterocycles. The number of imidazole rings is 1. The number of benzene rings is 2. The van der Waals surface area contributed by atoms with E-state index in [-0.39, 0.29) is 30.2 Å². The van der Waals surface area contributed by atoms with E-state index >= 15 is 0 Å². The molecule has 0 radical (unpaired) electrons. The molecule has 0 saturated carbocycles. The number of carbonyl (C=O) groups is 3. The van der Waals surface area contributed by atoms with Gasteiger partial charge in [-0.2, -0.15) is 0 Å². The molecule has 4 aromatic rings. The van der Waals surface area contributed by atoms with Crippen molar-refractivity contribution in [3.63, 3.8) is 0 Å². The van der Waals surface area contributed by atoms with Gasteiger partial charge in [0.25, 0.3) is 0 Å². The highest BCUT2D eigenvalue weighted by atomic mass is 16.5. The number of aromatic nitrogens is 3. The third-order valence-corrected chi connectivity index (χ3v) is 9.50. The van der Waals surface area contributed by atoms with Crippen LogP contribution in [0.3, 0.4) is 0 Å². The Morgan fingerprint density at radius 3 is 2.40 bits per heavy atom. The first-order valence-electron chi connectivity index (χ1n) is 17.1. The standard InChI is InChI=1S/C37H49N7O4/c1-5-6-12-32-40-35-36(30-10-7-8-11-31(30)39-37(35)38)44(32)20-9-19-43(24-28-15-13-27(14-16-28)23-34(47)48-4)33(46)25-41(3)29-17-21-42(22-18-29)26(2)45/h7-8,10-11,13-16,29H,5-6,9,12,17-25H2,1-4H3,(H2,38,39). The molecule has 1 saturated heterocycles. The van der Waals surface area contributed by atoms with E-state index in [1.807, 2.05) is 59.3 Å². The SMILES string of the molecule is CCCCc1nc2c(N)nc3ccccc3c2n1CCCN(Cc1ccc(CC(=O)OC)cc1)C(=O)CN(C)C1CCN(C(C)=O)CC1. The van der Waals surface area contributed by atoms with E-state index in [2.05, 4.69) is 27.4 Å². The number of methoxy groups -OCH3 is 1. The summed E-state index contributed by atoms with van der Waals surface area (Å²) in [5.74, 6) is 1.31. The molecule has 1 fully saturated rings. The second-order valence-electron chi connectivity index (χ2n) is 12.9. The summed E-state index contributed by atoms with van der Waals surface area (Å²) in [4.78, 5) is 53.1. The molecule has 3 heterocycles. The Kier molecular flexibility index (Phi) is 11.6. The Morgan fingerprint density at radius 2 is 1.71 bits per heavy atom. The molecule has 11 heteroatoms. The predicted molar refractivity (Wildman–Crippen MR) is 188 cm³/mol. The molecule has 1 aliphatic rings. The second kappa shape index (κ2) is 16.1. The maximum Gasteiger partial charge on any atom is 0.309 e. The van der Waals surface area contributed by atoms with Crippen molar-refractivity contribution in [2.24, 2.45) is 0 Å². The highest BCUT2D eigenvalue weighted by molar-refractivity contribution is 6.06. The van der Waals surface area contributed by atoms with E-state index in [1.165, 1.54) is 7.11 Å². The number of nitrogens with zero attached hydrogens (tertiary/aromatic N) is 6. The summed E-state index contributed by atoms with van der Waals surface area (Å²) in [5, 5.41) is 1.02. The quantitative estimate of drug-likeness (QED) is 0.196. The summed E-state index contributed by atoms with van der Waals surface area (Å²) in [5.41, 5.74) is 10.9. The molecular weight excluding hydrogens is 606 g/mol. The fourth-order valence-electron chi connectivity index (χ4n) is 6.67. The Morgan fingerprint density at radius 1 is 1.00 bits per heavy atom. The summed E-state index contributed by atoms with van der Waals surface area (Å²) in [7, 11) is 3.39. The van der Waals surface area contributed by atoms with E-state index in [4.69, 9.17) is 15.5 Å². The number of pyridine rings is 1. The highest BCUT2D eigenvalue weighted by Crippen LogP contribution is 2.29. The van der Waals surface area contributed by atoms with Crippen LogP contribution >= 0.6 is 0 Å². The third kappa shape index (κ3) is 8.31. The molecular formula is C37H49N7O4. The smallest absolute Gasteiger partial charge is 0.309 e.